The third-order valence-electron chi connectivity index (χ3n) is 3.42. The lowest BCUT2D eigenvalue weighted by atomic mass is 10.2. The highest BCUT2D eigenvalue weighted by molar-refractivity contribution is 5.75. The number of likely N-dealkylation sites (tertiary alicyclic amines) is 1. The smallest absolute Gasteiger partial charge is 0.318 e. The Hall–Kier alpha value is -1.93. The summed E-state index contributed by atoms with van der Waals surface area (Å²) in [6.45, 7) is -0.187. The summed E-state index contributed by atoms with van der Waals surface area (Å²) in [5.74, 6) is -0.570. The van der Waals surface area contributed by atoms with Crippen molar-refractivity contribution in [1.29, 1.82) is 0 Å². The maximum Gasteiger partial charge on any atom is 0.318 e. The lowest BCUT2D eigenvalue weighted by molar-refractivity contribution is 0.154. The molecule has 2 rings (SSSR count). The van der Waals surface area contributed by atoms with Gasteiger partial charge in [-0.3, -0.25) is 4.98 Å². The van der Waals surface area contributed by atoms with Gasteiger partial charge in [-0.25, -0.2) is 9.18 Å². The molecular weight excluding hydrogens is 281 g/mol. The van der Waals surface area contributed by atoms with Crippen molar-refractivity contribution < 1.29 is 24.1 Å². The van der Waals surface area contributed by atoms with Crippen LogP contribution in [-0.2, 0) is 6.54 Å². The molecule has 0 aliphatic carbocycles. The Morgan fingerprint density at radius 2 is 2.43 bits per heavy atom. The minimum absolute atomic E-state index is 0.0547. The second kappa shape index (κ2) is 6.68. The van der Waals surface area contributed by atoms with Crippen LogP contribution in [0.15, 0.2) is 12.3 Å². The first-order valence-corrected chi connectivity index (χ1v) is 6.57. The number of nitrogens with zero attached hydrogens (tertiary/aromatic N) is 2. The topological polar surface area (TPSA) is 94.9 Å². The zero-order chi connectivity index (χ0) is 15.4. The van der Waals surface area contributed by atoms with Gasteiger partial charge in [-0.2, -0.15) is 0 Å². The van der Waals surface area contributed by atoms with Gasteiger partial charge in [-0.15, -0.1) is 0 Å². The number of rotatable bonds is 4. The van der Waals surface area contributed by atoms with E-state index in [-0.39, 0.29) is 31.1 Å². The number of amides is 2. The van der Waals surface area contributed by atoms with Crippen LogP contribution in [0.25, 0.3) is 0 Å². The Labute approximate surface area is 121 Å². The maximum atomic E-state index is 13.9. The molecule has 0 saturated carbocycles. The zero-order valence-corrected chi connectivity index (χ0v) is 11.6. The summed E-state index contributed by atoms with van der Waals surface area (Å²) in [6, 6.07) is 0.483. The van der Waals surface area contributed by atoms with Gasteiger partial charge in [0.15, 0.2) is 11.6 Å². The normalized spacial score (nSPS) is 21.4. The number of aliphatic hydroxyl groups is 2. The highest BCUT2D eigenvalue weighted by Crippen LogP contribution is 2.19. The Morgan fingerprint density at radius 3 is 3.10 bits per heavy atom. The summed E-state index contributed by atoms with van der Waals surface area (Å²) in [4.78, 5) is 17.2. The molecule has 1 aromatic heterocycles. The van der Waals surface area contributed by atoms with Crippen molar-refractivity contribution in [2.45, 2.75) is 25.1 Å². The molecule has 0 bridgehead atoms. The first-order chi connectivity index (χ1) is 10.1. The SMILES string of the molecule is COc1ccnc(CNC(=O)N2C[C@@H](O)C[C@H]2CO)c1F. The fraction of sp³-hybridized carbons (Fsp3) is 0.538. The number of aromatic nitrogens is 1. The van der Waals surface area contributed by atoms with Gasteiger partial charge < -0.3 is 25.2 Å². The van der Waals surface area contributed by atoms with E-state index in [2.05, 4.69) is 10.3 Å². The molecule has 0 unspecified atom stereocenters. The van der Waals surface area contributed by atoms with Crippen LogP contribution in [0.1, 0.15) is 12.1 Å². The van der Waals surface area contributed by atoms with E-state index in [4.69, 9.17) is 4.74 Å². The van der Waals surface area contributed by atoms with E-state index in [1.54, 1.807) is 0 Å². The first kappa shape index (κ1) is 15.5. The van der Waals surface area contributed by atoms with E-state index in [1.165, 1.54) is 24.3 Å². The van der Waals surface area contributed by atoms with Gasteiger partial charge >= 0.3 is 6.03 Å². The van der Waals surface area contributed by atoms with E-state index in [1.807, 2.05) is 0 Å². The molecule has 1 saturated heterocycles. The Kier molecular flexibility index (Phi) is 4.92. The van der Waals surface area contributed by atoms with Gasteiger partial charge in [0.25, 0.3) is 0 Å². The molecule has 0 aromatic carbocycles. The molecule has 1 fully saturated rings. The molecule has 2 amide bonds. The summed E-state index contributed by atoms with van der Waals surface area (Å²) in [7, 11) is 1.35. The number of halogens is 1. The zero-order valence-electron chi connectivity index (χ0n) is 11.6. The van der Waals surface area contributed by atoms with E-state index < -0.39 is 24.0 Å². The highest BCUT2D eigenvalue weighted by atomic mass is 19.1. The molecule has 8 heteroatoms. The van der Waals surface area contributed by atoms with Crippen LogP contribution >= 0.6 is 0 Å². The fourth-order valence-corrected chi connectivity index (χ4v) is 2.32. The average molecular weight is 299 g/mol. The van der Waals surface area contributed by atoms with Gasteiger partial charge in [0.1, 0.15) is 0 Å². The van der Waals surface area contributed by atoms with E-state index in [0.717, 1.165) is 0 Å². The molecule has 0 radical (unpaired) electrons. The second-order valence-electron chi connectivity index (χ2n) is 4.81. The van der Waals surface area contributed by atoms with Crippen LogP contribution in [0.3, 0.4) is 0 Å². The van der Waals surface area contributed by atoms with Crippen molar-refractivity contribution in [1.82, 2.24) is 15.2 Å². The summed E-state index contributed by atoms with van der Waals surface area (Å²) < 4.78 is 18.7. The minimum Gasteiger partial charge on any atom is -0.494 e. The van der Waals surface area contributed by atoms with Crippen molar-refractivity contribution in [3.63, 3.8) is 0 Å². The number of carbonyl (C=O) groups is 1. The molecular formula is C13H18FN3O4. The van der Waals surface area contributed by atoms with Gasteiger partial charge in [-0.05, 0) is 6.42 Å². The predicted molar refractivity (Wildman–Crippen MR) is 71.2 cm³/mol. The molecule has 1 aliphatic rings. The number of ether oxygens (including phenoxy) is 1. The molecule has 1 aliphatic heterocycles. The van der Waals surface area contributed by atoms with E-state index >= 15 is 0 Å². The number of pyridine rings is 1. The Bertz CT molecular complexity index is 514. The van der Waals surface area contributed by atoms with Crippen molar-refractivity contribution in [2.24, 2.45) is 0 Å². The lowest BCUT2D eigenvalue weighted by Crippen LogP contribution is -2.44. The van der Waals surface area contributed by atoms with Crippen LogP contribution in [0.4, 0.5) is 9.18 Å². The van der Waals surface area contributed by atoms with Crippen molar-refractivity contribution in [2.75, 3.05) is 20.3 Å². The number of β-amino-alcohol motifs (C(OH)–C–C–N with tert-alkyl or cyclic N) is 1. The molecule has 0 spiro atoms. The number of nitrogens with one attached hydrogen (secondary N) is 1. The standard InChI is InChI=1S/C13H18FN3O4/c1-21-11-2-3-15-10(12(11)14)5-16-13(20)17-6-9(19)4-8(17)7-18/h2-3,8-9,18-19H,4-7H2,1H3,(H,16,20)/t8-,9-/m0/s1. The largest absolute Gasteiger partial charge is 0.494 e. The Balaban J connectivity index is 1.98. The molecule has 2 atom stereocenters. The molecule has 3 N–H and O–H groups in total. The molecule has 7 nitrogen and oxygen atoms in total. The highest BCUT2D eigenvalue weighted by Gasteiger charge is 2.33. The number of methoxy groups -OCH3 is 1. The van der Waals surface area contributed by atoms with Crippen LogP contribution in [0.2, 0.25) is 0 Å². The van der Waals surface area contributed by atoms with Crippen LogP contribution in [0.5, 0.6) is 5.75 Å². The van der Waals surface area contributed by atoms with Crippen LogP contribution in [0, 0.1) is 5.82 Å². The van der Waals surface area contributed by atoms with Crippen LogP contribution < -0.4 is 10.1 Å². The number of aliphatic hydroxyl groups excluding tert-OH is 2. The summed E-state index contributed by atoms with van der Waals surface area (Å²) in [6.07, 6.45) is 1.06. The number of hydrogen-bond acceptors (Lipinski definition) is 5. The summed E-state index contributed by atoms with van der Waals surface area (Å²) in [5, 5.41) is 21.2. The van der Waals surface area contributed by atoms with Gasteiger partial charge in [0.2, 0.25) is 0 Å². The number of carbonyl (C=O) groups excluding carboxylic acids is 1. The van der Waals surface area contributed by atoms with Crippen LogP contribution in [-0.4, -0.2) is 58.5 Å². The quantitative estimate of drug-likeness (QED) is 0.720. The van der Waals surface area contributed by atoms with Crippen molar-refractivity contribution >= 4 is 6.03 Å². The monoisotopic (exact) mass is 299 g/mol. The van der Waals surface area contributed by atoms with E-state index in [9.17, 15) is 19.4 Å². The van der Waals surface area contributed by atoms with Crippen molar-refractivity contribution in [3.05, 3.63) is 23.8 Å². The third-order valence-corrected chi connectivity index (χ3v) is 3.42. The minimum atomic E-state index is -0.653. The maximum absolute atomic E-state index is 13.9. The van der Waals surface area contributed by atoms with E-state index in [0.29, 0.717) is 6.42 Å². The van der Waals surface area contributed by atoms with Gasteiger partial charge in [-0.1, -0.05) is 0 Å². The fourth-order valence-electron chi connectivity index (χ4n) is 2.32. The summed E-state index contributed by atoms with van der Waals surface area (Å²) >= 11 is 0. The number of urea groups is 1. The first-order valence-electron chi connectivity index (χ1n) is 6.57. The summed E-state index contributed by atoms with van der Waals surface area (Å²) in [5.41, 5.74) is 0.0583. The van der Waals surface area contributed by atoms with Gasteiger partial charge in [0, 0.05) is 18.8 Å². The Morgan fingerprint density at radius 1 is 1.67 bits per heavy atom. The predicted octanol–water partition coefficient (Wildman–Crippen LogP) is -0.134. The average Bonchev–Trinajstić information content (AvgIpc) is 2.87. The molecule has 21 heavy (non-hydrogen) atoms. The number of hydrogen-bond donors (Lipinski definition) is 3. The molecule has 116 valence electrons. The van der Waals surface area contributed by atoms with Crippen molar-refractivity contribution in [3.8, 4) is 5.75 Å². The van der Waals surface area contributed by atoms with Gasteiger partial charge in [0.05, 0.1) is 38.1 Å². The third kappa shape index (κ3) is 3.40. The molecule has 1 aromatic rings. The lowest BCUT2D eigenvalue weighted by Gasteiger charge is -2.23. The molecule has 2 heterocycles. The second-order valence-corrected chi connectivity index (χ2v) is 4.81.